The minimum atomic E-state index is -0.729. The van der Waals surface area contributed by atoms with Crippen molar-refractivity contribution in [2.75, 3.05) is 13.2 Å². The van der Waals surface area contributed by atoms with E-state index in [0.717, 1.165) is 0 Å². The fourth-order valence-electron chi connectivity index (χ4n) is 2.31. The van der Waals surface area contributed by atoms with Crippen LogP contribution in [0.4, 0.5) is 5.69 Å². The van der Waals surface area contributed by atoms with Gasteiger partial charge in [-0.05, 0) is 18.9 Å². The maximum absolute atomic E-state index is 11.0. The summed E-state index contributed by atoms with van der Waals surface area (Å²) in [5, 5.41) is 14.9. The maximum Gasteiger partial charge on any atom is 0.280 e. The minimum absolute atomic E-state index is 0.0668. The van der Waals surface area contributed by atoms with Crippen molar-refractivity contribution in [1.29, 1.82) is 0 Å². The van der Waals surface area contributed by atoms with Crippen LogP contribution in [0.1, 0.15) is 18.7 Å². The standard InChI is InChI=1S/C13H14N4O4/c14-13(5-7-20-8-6-13)12-15-11(16-21-12)9-3-1-2-4-10(9)17(18)19/h1-4H,5-8,14H2. The van der Waals surface area contributed by atoms with Crippen molar-refractivity contribution in [3.05, 3.63) is 40.3 Å². The van der Waals surface area contributed by atoms with Gasteiger partial charge in [-0.15, -0.1) is 0 Å². The third-order valence-electron chi connectivity index (χ3n) is 3.58. The zero-order chi connectivity index (χ0) is 14.9. The van der Waals surface area contributed by atoms with Gasteiger partial charge in [0, 0.05) is 19.3 Å². The highest BCUT2D eigenvalue weighted by Crippen LogP contribution is 2.32. The van der Waals surface area contributed by atoms with E-state index in [2.05, 4.69) is 10.1 Å². The number of ether oxygens (including phenoxy) is 1. The van der Waals surface area contributed by atoms with E-state index in [0.29, 0.717) is 37.5 Å². The van der Waals surface area contributed by atoms with E-state index in [-0.39, 0.29) is 11.5 Å². The van der Waals surface area contributed by atoms with Gasteiger partial charge in [0.05, 0.1) is 4.92 Å². The Morgan fingerprint density at radius 2 is 2.00 bits per heavy atom. The molecule has 0 spiro atoms. The summed E-state index contributed by atoms with van der Waals surface area (Å²) in [6.45, 7) is 1.05. The molecule has 1 aromatic heterocycles. The van der Waals surface area contributed by atoms with Crippen molar-refractivity contribution in [2.24, 2.45) is 5.73 Å². The summed E-state index contributed by atoms with van der Waals surface area (Å²) in [5.74, 6) is 0.465. The Morgan fingerprint density at radius 1 is 1.29 bits per heavy atom. The van der Waals surface area contributed by atoms with Crippen LogP contribution >= 0.6 is 0 Å². The predicted molar refractivity (Wildman–Crippen MR) is 72.3 cm³/mol. The van der Waals surface area contributed by atoms with Gasteiger partial charge in [-0.25, -0.2) is 0 Å². The second-order valence-electron chi connectivity index (χ2n) is 4.97. The number of aromatic nitrogens is 2. The number of nitro groups is 1. The lowest BCUT2D eigenvalue weighted by molar-refractivity contribution is -0.384. The molecule has 0 aliphatic carbocycles. The van der Waals surface area contributed by atoms with E-state index < -0.39 is 10.5 Å². The largest absolute Gasteiger partial charge is 0.381 e. The van der Waals surface area contributed by atoms with Crippen molar-refractivity contribution < 1.29 is 14.2 Å². The Kier molecular flexibility index (Phi) is 3.40. The molecule has 21 heavy (non-hydrogen) atoms. The monoisotopic (exact) mass is 290 g/mol. The predicted octanol–water partition coefficient (Wildman–Crippen LogP) is 1.61. The summed E-state index contributed by atoms with van der Waals surface area (Å²) in [6, 6.07) is 6.26. The third kappa shape index (κ3) is 2.50. The zero-order valence-corrected chi connectivity index (χ0v) is 11.2. The molecule has 1 fully saturated rings. The molecule has 8 heteroatoms. The molecule has 2 N–H and O–H groups in total. The second kappa shape index (κ2) is 5.23. The van der Waals surface area contributed by atoms with E-state index in [9.17, 15) is 10.1 Å². The SMILES string of the molecule is NC1(c2nc(-c3ccccc3[N+](=O)[O-])no2)CCOCC1. The molecule has 8 nitrogen and oxygen atoms in total. The van der Waals surface area contributed by atoms with Crippen LogP contribution in [0, 0.1) is 10.1 Å². The number of nitrogens with two attached hydrogens (primary N) is 1. The summed E-state index contributed by atoms with van der Waals surface area (Å²) < 4.78 is 10.5. The van der Waals surface area contributed by atoms with Crippen LogP contribution in [-0.4, -0.2) is 28.3 Å². The van der Waals surface area contributed by atoms with E-state index >= 15 is 0 Å². The highest BCUT2D eigenvalue weighted by atomic mass is 16.6. The van der Waals surface area contributed by atoms with Gasteiger partial charge in [-0.1, -0.05) is 17.3 Å². The topological polar surface area (TPSA) is 117 Å². The second-order valence-corrected chi connectivity index (χ2v) is 4.97. The molecule has 0 amide bonds. The van der Waals surface area contributed by atoms with Gasteiger partial charge >= 0.3 is 0 Å². The normalized spacial score (nSPS) is 17.6. The number of hydrogen-bond donors (Lipinski definition) is 1. The van der Waals surface area contributed by atoms with Gasteiger partial charge in [0.1, 0.15) is 11.1 Å². The number of hydrogen-bond acceptors (Lipinski definition) is 7. The molecule has 0 unspecified atom stereocenters. The Balaban J connectivity index is 1.97. The first-order valence-electron chi connectivity index (χ1n) is 6.55. The van der Waals surface area contributed by atoms with Gasteiger partial charge in [0.25, 0.3) is 5.69 Å². The first-order valence-corrected chi connectivity index (χ1v) is 6.55. The van der Waals surface area contributed by atoms with Crippen molar-refractivity contribution in [3.63, 3.8) is 0 Å². The van der Waals surface area contributed by atoms with Gasteiger partial charge < -0.3 is 15.0 Å². The van der Waals surface area contributed by atoms with Gasteiger partial charge in [-0.2, -0.15) is 4.98 Å². The lowest BCUT2D eigenvalue weighted by atomic mass is 9.91. The van der Waals surface area contributed by atoms with Gasteiger partial charge in [-0.3, -0.25) is 10.1 Å². The van der Waals surface area contributed by atoms with Crippen molar-refractivity contribution >= 4 is 5.69 Å². The van der Waals surface area contributed by atoms with Crippen LogP contribution in [0.15, 0.2) is 28.8 Å². The quantitative estimate of drug-likeness (QED) is 0.673. The summed E-state index contributed by atoms with van der Waals surface area (Å²) in [4.78, 5) is 14.8. The molecule has 1 aromatic carbocycles. The molecule has 110 valence electrons. The average molecular weight is 290 g/mol. The van der Waals surface area contributed by atoms with E-state index in [1.165, 1.54) is 6.07 Å². The summed E-state index contributed by atoms with van der Waals surface area (Å²) in [6.07, 6.45) is 1.15. The van der Waals surface area contributed by atoms with E-state index in [4.69, 9.17) is 15.0 Å². The molecule has 0 radical (unpaired) electrons. The van der Waals surface area contributed by atoms with Crippen molar-refractivity contribution in [2.45, 2.75) is 18.4 Å². The Hall–Kier alpha value is -2.32. The third-order valence-corrected chi connectivity index (χ3v) is 3.58. The average Bonchev–Trinajstić information content (AvgIpc) is 2.98. The Labute approximate surface area is 120 Å². The molecule has 3 rings (SSSR count). The Bertz CT molecular complexity index is 664. The van der Waals surface area contributed by atoms with Gasteiger partial charge in [0.15, 0.2) is 0 Å². The summed E-state index contributed by atoms with van der Waals surface area (Å²) in [7, 11) is 0. The van der Waals surface area contributed by atoms with Crippen LogP contribution in [0.5, 0.6) is 0 Å². The first-order chi connectivity index (χ1) is 10.1. The molecule has 1 saturated heterocycles. The van der Waals surface area contributed by atoms with Crippen LogP contribution in [0.3, 0.4) is 0 Å². The number of para-hydroxylation sites is 1. The minimum Gasteiger partial charge on any atom is -0.381 e. The highest BCUT2D eigenvalue weighted by Gasteiger charge is 2.36. The van der Waals surface area contributed by atoms with E-state index in [1.54, 1.807) is 18.2 Å². The zero-order valence-electron chi connectivity index (χ0n) is 11.2. The number of rotatable bonds is 3. The van der Waals surface area contributed by atoms with Crippen molar-refractivity contribution in [1.82, 2.24) is 10.1 Å². The van der Waals surface area contributed by atoms with Crippen LogP contribution in [0.25, 0.3) is 11.4 Å². The molecule has 0 atom stereocenters. The van der Waals surface area contributed by atoms with Crippen molar-refractivity contribution in [3.8, 4) is 11.4 Å². The Morgan fingerprint density at radius 3 is 2.71 bits per heavy atom. The molecule has 2 aromatic rings. The van der Waals surface area contributed by atoms with E-state index in [1.807, 2.05) is 0 Å². The molecule has 2 heterocycles. The van der Waals surface area contributed by atoms with Gasteiger partial charge in [0.2, 0.25) is 11.7 Å². The number of nitro benzene ring substituents is 1. The fourth-order valence-corrected chi connectivity index (χ4v) is 2.31. The molecule has 1 aliphatic rings. The molecule has 1 aliphatic heterocycles. The highest BCUT2D eigenvalue weighted by molar-refractivity contribution is 5.67. The molecule has 0 saturated carbocycles. The fraction of sp³-hybridized carbons (Fsp3) is 0.385. The maximum atomic E-state index is 11.0. The molecular weight excluding hydrogens is 276 g/mol. The van der Waals surface area contributed by atoms with Crippen LogP contribution in [-0.2, 0) is 10.3 Å². The smallest absolute Gasteiger partial charge is 0.280 e. The lowest BCUT2D eigenvalue weighted by Crippen LogP contribution is -2.42. The number of benzene rings is 1. The lowest BCUT2D eigenvalue weighted by Gasteiger charge is -2.29. The van der Waals surface area contributed by atoms with Crippen LogP contribution in [0.2, 0.25) is 0 Å². The summed E-state index contributed by atoms with van der Waals surface area (Å²) in [5.41, 5.74) is 5.78. The van der Waals surface area contributed by atoms with Crippen LogP contribution < -0.4 is 5.73 Å². The first kappa shape index (κ1) is 13.7. The molecule has 0 bridgehead atoms. The summed E-state index contributed by atoms with van der Waals surface area (Å²) >= 11 is 0. The molecular formula is C13H14N4O4. The number of nitrogens with zero attached hydrogens (tertiary/aromatic N) is 3.